The first-order chi connectivity index (χ1) is 13.3. The Morgan fingerprint density at radius 3 is 1.11 bits per heavy atom. The summed E-state index contributed by atoms with van der Waals surface area (Å²) in [7, 11) is 0. The van der Waals surface area contributed by atoms with Crippen LogP contribution in [0.5, 0.6) is 0 Å². The molecular weight excluding hydrogens is 334 g/mol. The van der Waals surface area contributed by atoms with Gasteiger partial charge in [0.25, 0.3) is 0 Å². The van der Waals surface area contributed by atoms with Gasteiger partial charge in [-0.3, -0.25) is 0 Å². The summed E-state index contributed by atoms with van der Waals surface area (Å²) in [4.78, 5) is 5.11. The molecule has 0 spiro atoms. The van der Waals surface area contributed by atoms with E-state index >= 15 is 0 Å². The van der Waals surface area contributed by atoms with E-state index in [2.05, 4.69) is 12.4 Å². The first-order valence-electron chi connectivity index (χ1n) is 12.3. The molecule has 0 radical (unpaired) electrons. The molecular formula is C24H53NO2. The average Bonchev–Trinajstić information content (AvgIpc) is 2.68. The van der Waals surface area contributed by atoms with E-state index in [9.17, 15) is 0 Å². The molecule has 0 aliphatic heterocycles. The van der Waals surface area contributed by atoms with Gasteiger partial charge in [-0.1, -0.05) is 103 Å². The number of ether oxygens (including phenoxy) is 1. The van der Waals surface area contributed by atoms with Crippen LogP contribution in [0.2, 0.25) is 0 Å². The van der Waals surface area contributed by atoms with Crippen molar-refractivity contribution < 1.29 is 9.57 Å². The molecule has 0 fully saturated rings. The van der Waals surface area contributed by atoms with Crippen molar-refractivity contribution >= 4 is 0 Å². The molecule has 0 saturated heterocycles. The predicted octanol–water partition coefficient (Wildman–Crippen LogP) is 7.83. The van der Waals surface area contributed by atoms with Gasteiger partial charge < -0.3 is 9.57 Å². The predicted molar refractivity (Wildman–Crippen MR) is 121 cm³/mol. The molecule has 0 rings (SSSR count). The lowest BCUT2D eigenvalue weighted by Gasteiger charge is -2.04. The maximum atomic E-state index is 5.11. The van der Waals surface area contributed by atoms with Crippen molar-refractivity contribution in [2.75, 3.05) is 26.4 Å². The van der Waals surface area contributed by atoms with Gasteiger partial charge >= 0.3 is 0 Å². The molecule has 0 amide bonds. The molecule has 0 aliphatic carbocycles. The van der Waals surface area contributed by atoms with Crippen LogP contribution < -0.4 is 5.48 Å². The zero-order valence-electron chi connectivity index (χ0n) is 19.5. The second-order valence-corrected chi connectivity index (χ2v) is 7.41. The Kier molecular flexibility index (Phi) is 33.0. The molecule has 1 N–H and O–H groups in total. The highest BCUT2D eigenvalue weighted by Gasteiger charge is 1.94. The van der Waals surface area contributed by atoms with Gasteiger partial charge in [0.1, 0.15) is 0 Å². The van der Waals surface area contributed by atoms with Crippen LogP contribution in [0, 0.1) is 0 Å². The number of hydrogen-bond donors (Lipinski definition) is 1. The molecule has 0 saturated carbocycles. The van der Waals surface area contributed by atoms with Gasteiger partial charge in [0.05, 0.1) is 6.61 Å². The lowest BCUT2D eigenvalue weighted by atomic mass is 10.0. The Labute approximate surface area is 172 Å². The molecule has 0 heterocycles. The van der Waals surface area contributed by atoms with Crippen LogP contribution in [-0.4, -0.2) is 26.4 Å². The standard InChI is InChI=1S/C20H43NO.C4H10O/c1-3-5-6-7-8-9-10-11-12-13-14-15-16-17-18-19-20-21-22-4-2;1-3-5-4-2/h21H,3-20H2,1-2H3;3-4H2,1-2H3. The summed E-state index contributed by atoms with van der Waals surface area (Å²) in [6.45, 7) is 11.7. The quantitative estimate of drug-likeness (QED) is 0.161. The zero-order valence-corrected chi connectivity index (χ0v) is 19.5. The topological polar surface area (TPSA) is 30.5 Å². The first kappa shape index (κ1) is 29.1. The van der Waals surface area contributed by atoms with E-state index in [0.717, 1.165) is 26.4 Å². The Morgan fingerprint density at radius 1 is 0.444 bits per heavy atom. The number of unbranched alkanes of at least 4 members (excludes halogenated alkanes) is 15. The van der Waals surface area contributed by atoms with Crippen LogP contribution in [0.3, 0.4) is 0 Å². The fourth-order valence-corrected chi connectivity index (χ4v) is 3.12. The van der Waals surface area contributed by atoms with Crippen molar-refractivity contribution in [3.63, 3.8) is 0 Å². The maximum absolute atomic E-state index is 5.11. The molecule has 27 heavy (non-hydrogen) atoms. The van der Waals surface area contributed by atoms with Crippen LogP contribution >= 0.6 is 0 Å². The van der Waals surface area contributed by atoms with Gasteiger partial charge in [-0.05, 0) is 27.2 Å². The average molecular weight is 388 g/mol. The fourth-order valence-electron chi connectivity index (χ4n) is 3.12. The van der Waals surface area contributed by atoms with E-state index in [4.69, 9.17) is 9.57 Å². The van der Waals surface area contributed by atoms with Crippen LogP contribution in [0.25, 0.3) is 0 Å². The SMILES string of the molecule is CCCCCCCCCCCCCCCCCCNOCC.CCOCC. The second kappa shape index (κ2) is 30.6. The molecule has 0 bridgehead atoms. The Hall–Kier alpha value is -0.120. The van der Waals surface area contributed by atoms with Gasteiger partial charge in [-0.15, -0.1) is 0 Å². The largest absolute Gasteiger partial charge is 0.382 e. The van der Waals surface area contributed by atoms with Crippen molar-refractivity contribution in [3.8, 4) is 0 Å². The highest BCUT2D eigenvalue weighted by molar-refractivity contribution is 4.50. The smallest absolute Gasteiger partial charge is 0.0653 e. The summed E-state index contributed by atoms with van der Waals surface area (Å²) in [5.74, 6) is 0. The molecule has 3 nitrogen and oxygen atoms in total. The van der Waals surface area contributed by atoms with Gasteiger partial charge in [-0.25, -0.2) is 5.48 Å². The van der Waals surface area contributed by atoms with E-state index in [0.29, 0.717) is 0 Å². The third-order valence-corrected chi connectivity index (χ3v) is 4.79. The number of nitrogens with one attached hydrogen (secondary N) is 1. The molecule has 166 valence electrons. The van der Waals surface area contributed by atoms with Gasteiger partial charge in [0.15, 0.2) is 0 Å². The molecule has 0 aliphatic rings. The highest BCUT2D eigenvalue weighted by atomic mass is 16.6. The fraction of sp³-hybridized carbons (Fsp3) is 1.00. The summed E-state index contributed by atoms with van der Waals surface area (Å²) in [5, 5.41) is 0. The van der Waals surface area contributed by atoms with Crippen LogP contribution in [-0.2, 0) is 9.57 Å². The summed E-state index contributed by atoms with van der Waals surface area (Å²) < 4.78 is 4.83. The highest BCUT2D eigenvalue weighted by Crippen LogP contribution is 2.13. The monoisotopic (exact) mass is 387 g/mol. The molecule has 0 aromatic carbocycles. The Bertz CT molecular complexity index is 202. The normalized spacial score (nSPS) is 10.7. The second-order valence-electron chi connectivity index (χ2n) is 7.41. The first-order valence-corrected chi connectivity index (χ1v) is 12.3. The summed E-state index contributed by atoms with van der Waals surface area (Å²) in [6, 6.07) is 0. The van der Waals surface area contributed by atoms with Gasteiger partial charge in [-0.2, -0.15) is 0 Å². The minimum Gasteiger partial charge on any atom is -0.382 e. The van der Waals surface area contributed by atoms with Crippen molar-refractivity contribution in [2.24, 2.45) is 0 Å². The lowest BCUT2D eigenvalue weighted by molar-refractivity contribution is 0.0500. The number of hydroxylamine groups is 1. The third kappa shape index (κ3) is 33.9. The molecule has 0 unspecified atom stereocenters. The number of rotatable bonds is 21. The summed E-state index contributed by atoms with van der Waals surface area (Å²) in [5.41, 5.74) is 2.98. The Morgan fingerprint density at radius 2 is 0.815 bits per heavy atom. The van der Waals surface area contributed by atoms with Gasteiger partial charge in [0, 0.05) is 19.8 Å². The van der Waals surface area contributed by atoms with Crippen molar-refractivity contribution in [2.45, 2.75) is 130 Å². The number of hydrogen-bond acceptors (Lipinski definition) is 3. The molecule has 0 atom stereocenters. The minimum atomic E-state index is 0.763. The lowest BCUT2D eigenvalue weighted by Crippen LogP contribution is -2.15. The molecule has 0 aromatic rings. The summed E-state index contributed by atoms with van der Waals surface area (Å²) >= 11 is 0. The van der Waals surface area contributed by atoms with Crippen LogP contribution in [0.15, 0.2) is 0 Å². The van der Waals surface area contributed by atoms with Crippen LogP contribution in [0.4, 0.5) is 0 Å². The molecule has 3 heteroatoms. The van der Waals surface area contributed by atoms with E-state index < -0.39 is 0 Å². The van der Waals surface area contributed by atoms with Gasteiger partial charge in [0.2, 0.25) is 0 Å². The van der Waals surface area contributed by atoms with Crippen LogP contribution in [0.1, 0.15) is 130 Å². The van der Waals surface area contributed by atoms with E-state index in [-0.39, 0.29) is 0 Å². The minimum absolute atomic E-state index is 0.763. The zero-order chi connectivity index (χ0) is 20.3. The van der Waals surface area contributed by atoms with Crippen molar-refractivity contribution in [3.05, 3.63) is 0 Å². The molecule has 0 aromatic heterocycles. The Balaban J connectivity index is 0. The van der Waals surface area contributed by atoms with E-state index in [1.807, 2.05) is 20.8 Å². The van der Waals surface area contributed by atoms with Crippen molar-refractivity contribution in [1.82, 2.24) is 5.48 Å². The van der Waals surface area contributed by atoms with E-state index in [1.54, 1.807) is 0 Å². The van der Waals surface area contributed by atoms with E-state index in [1.165, 1.54) is 103 Å². The third-order valence-electron chi connectivity index (χ3n) is 4.79. The summed E-state index contributed by atoms with van der Waals surface area (Å²) in [6.07, 6.45) is 22.8. The maximum Gasteiger partial charge on any atom is 0.0653 e. The van der Waals surface area contributed by atoms with Crippen molar-refractivity contribution in [1.29, 1.82) is 0 Å².